The third-order valence-electron chi connectivity index (χ3n) is 5.36. The van der Waals surface area contributed by atoms with Crippen molar-refractivity contribution in [2.24, 2.45) is 11.7 Å². The lowest BCUT2D eigenvalue weighted by Gasteiger charge is -2.34. The molecule has 2 N–H and O–H groups in total. The van der Waals surface area contributed by atoms with Crippen LogP contribution in [0.1, 0.15) is 36.8 Å². The van der Waals surface area contributed by atoms with Gasteiger partial charge in [0.2, 0.25) is 5.91 Å². The van der Waals surface area contributed by atoms with Crippen molar-refractivity contribution < 1.29 is 9.53 Å². The van der Waals surface area contributed by atoms with Crippen molar-refractivity contribution in [3.8, 4) is 5.75 Å². The Morgan fingerprint density at radius 3 is 2.52 bits per heavy atom. The molecule has 2 aliphatic rings. The molecule has 0 bridgehead atoms. The van der Waals surface area contributed by atoms with Crippen LogP contribution >= 0.6 is 12.4 Å². The number of benzene rings is 1. The Hall–Kier alpha value is -1.26. The molecule has 0 aromatic heterocycles. The summed E-state index contributed by atoms with van der Waals surface area (Å²) >= 11 is 0. The number of nitrogens with zero attached hydrogens (tertiary/aromatic N) is 1. The molecular weight excluding hydrogens is 312 g/mol. The summed E-state index contributed by atoms with van der Waals surface area (Å²) in [6.07, 6.45) is 3.98. The molecule has 0 atom stereocenters. The van der Waals surface area contributed by atoms with Gasteiger partial charge in [-0.1, -0.05) is 12.1 Å². The van der Waals surface area contributed by atoms with Crippen LogP contribution in [0.4, 0.5) is 0 Å². The first kappa shape index (κ1) is 18.1. The predicted molar refractivity (Wildman–Crippen MR) is 94.2 cm³/mol. The van der Waals surface area contributed by atoms with Crippen LogP contribution in [0, 0.1) is 12.8 Å². The number of methoxy groups -OCH3 is 1. The number of carbonyl (C=O) groups excluding carboxylic acids is 1. The predicted octanol–water partition coefficient (Wildman–Crippen LogP) is 2.65. The number of aryl methyl sites for hydroxylation is 1. The summed E-state index contributed by atoms with van der Waals surface area (Å²) in [5.41, 5.74) is 7.67. The Kier molecular flexibility index (Phi) is 5.58. The van der Waals surface area contributed by atoms with Crippen LogP contribution in [0.5, 0.6) is 5.75 Å². The number of ether oxygens (including phenoxy) is 1. The maximum Gasteiger partial charge on any atom is 0.233 e. The summed E-state index contributed by atoms with van der Waals surface area (Å²) < 4.78 is 5.42. The number of carbonyl (C=O) groups is 1. The molecule has 1 aliphatic carbocycles. The summed E-state index contributed by atoms with van der Waals surface area (Å²) in [6.45, 7) is 4.47. The first-order valence-corrected chi connectivity index (χ1v) is 8.25. The van der Waals surface area contributed by atoms with Crippen molar-refractivity contribution in [1.82, 2.24) is 4.90 Å². The highest BCUT2D eigenvalue weighted by Crippen LogP contribution is 2.50. The molecule has 1 saturated carbocycles. The van der Waals surface area contributed by atoms with Crippen LogP contribution in [0.2, 0.25) is 0 Å². The smallest absolute Gasteiger partial charge is 0.233 e. The summed E-state index contributed by atoms with van der Waals surface area (Å²) in [4.78, 5) is 15.1. The van der Waals surface area contributed by atoms with Gasteiger partial charge < -0.3 is 15.4 Å². The second-order valence-electron chi connectivity index (χ2n) is 6.74. The van der Waals surface area contributed by atoms with E-state index in [9.17, 15) is 4.79 Å². The molecule has 1 heterocycles. The van der Waals surface area contributed by atoms with Crippen LogP contribution in [0.3, 0.4) is 0 Å². The lowest BCUT2D eigenvalue weighted by atomic mass is 9.90. The summed E-state index contributed by atoms with van der Waals surface area (Å²) in [5, 5.41) is 0. The molecule has 128 valence electrons. The fraction of sp³-hybridized carbons (Fsp3) is 0.611. The molecule has 5 heteroatoms. The van der Waals surface area contributed by atoms with Gasteiger partial charge in [0.25, 0.3) is 0 Å². The van der Waals surface area contributed by atoms with Gasteiger partial charge in [-0.25, -0.2) is 0 Å². The van der Waals surface area contributed by atoms with Gasteiger partial charge >= 0.3 is 0 Å². The molecule has 1 aromatic rings. The minimum absolute atomic E-state index is 0. The Bertz CT molecular complexity index is 564. The number of hydrogen-bond acceptors (Lipinski definition) is 3. The Morgan fingerprint density at radius 1 is 1.35 bits per heavy atom. The van der Waals surface area contributed by atoms with Crippen LogP contribution in [0.25, 0.3) is 0 Å². The molecule has 0 unspecified atom stereocenters. The minimum atomic E-state index is -0.295. The third-order valence-corrected chi connectivity index (χ3v) is 5.36. The molecule has 23 heavy (non-hydrogen) atoms. The summed E-state index contributed by atoms with van der Waals surface area (Å²) in [5.74, 6) is 1.76. The van der Waals surface area contributed by atoms with Crippen molar-refractivity contribution in [3.05, 3.63) is 29.3 Å². The zero-order valence-corrected chi connectivity index (χ0v) is 14.8. The zero-order valence-electron chi connectivity index (χ0n) is 14.0. The molecule has 1 aliphatic heterocycles. The SMILES string of the molecule is COc1cc(C2(C(=O)N3CCC(CN)CC3)CC2)ccc1C.Cl. The fourth-order valence-corrected chi connectivity index (χ4v) is 3.54. The average Bonchev–Trinajstić information content (AvgIpc) is 3.36. The Labute approximate surface area is 144 Å². The van der Waals surface area contributed by atoms with Gasteiger partial charge in [0, 0.05) is 13.1 Å². The standard InChI is InChI=1S/C18H26N2O2.ClH/c1-13-3-4-15(11-16(13)22-2)18(7-8-18)17(21)20-9-5-14(12-19)6-10-20;/h3-4,11,14H,5-10,12,19H2,1-2H3;1H. The van der Waals surface area contributed by atoms with Crippen LogP contribution in [0.15, 0.2) is 18.2 Å². The quantitative estimate of drug-likeness (QED) is 0.918. The highest BCUT2D eigenvalue weighted by atomic mass is 35.5. The maximum absolute atomic E-state index is 13.0. The first-order chi connectivity index (χ1) is 10.6. The minimum Gasteiger partial charge on any atom is -0.496 e. The van der Waals surface area contributed by atoms with E-state index >= 15 is 0 Å². The lowest BCUT2D eigenvalue weighted by Crippen LogP contribution is -2.45. The monoisotopic (exact) mass is 338 g/mol. The molecule has 1 saturated heterocycles. The van der Waals surface area contributed by atoms with Crippen molar-refractivity contribution in [2.45, 2.75) is 38.0 Å². The second-order valence-corrected chi connectivity index (χ2v) is 6.74. The van der Waals surface area contributed by atoms with E-state index in [1.165, 1.54) is 0 Å². The third kappa shape index (κ3) is 3.33. The zero-order chi connectivity index (χ0) is 15.7. The second kappa shape index (κ2) is 7.10. The number of halogens is 1. The molecule has 3 rings (SSSR count). The van der Waals surface area contributed by atoms with Crippen molar-refractivity contribution in [1.29, 1.82) is 0 Å². The normalized spacial score (nSPS) is 19.9. The topological polar surface area (TPSA) is 55.6 Å². The average molecular weight is 339 g/mol. The maximum atomic E-state index is 13.0. The van der Waals surface area contributed by atoms with E-state index < -0.39 is 0 Å². The number of nitrogens with two attached hydrogens (primary N) is 1. The van der Waals surface area contributed by atoms with Crippen molar-refractivity contribution in [2.75, 3.05) is 26.7 Å². The molecule has 1 aromatic carbocycles. The molecular formula is C18H27ClN2O2. The Balaban J connectivity index is 0.00000192. The largest absolute Gasteiger partial charge is 0.496 e. The molecule has 4 nitrogen and oxygen atoms in total. The van der Waals surface area contributed by atoms with Gasteiger partial charge in [-0.2, -0.15) is 0 Å². The van der Waals surface area contributed by atoms with Gasteiger partial charge in [0.15, 0.2) is 0 Å². The Morgan fingerprint density at radius 2 is 2.00 bits per heavy atom. The van der Waals surface area contributed by atoms with E-state index in [1.807, 2.05) is 17.9 Å². The first-order valence-electron chi connectivity index (χ1n) is 8.25. The number of likely N-dealkylation sites (tertiary alicyclic amines) is 1. The van der Waals surface area contributed by atoms with E-state index in [1.54, 1.807) is 7.11 Å². The summed E-state index contributed by atoms with van der Waals surface area (Å²) in [7, 11) is 1.69. The summed E-state index contributed by atoms with van der Waals surface area (Å²) in [6, 6.07) is 6.20. The van der Waals surface area contributed by atoms with Gasteiger partial charge in [-0.15, -0.1) is 12.4 Å². The number of piperidine rings is 1. The molecule has 1 amide bonds. The number of hydrogen-bond donors (Lipinski definition) is 1. The van der Waals surface area contributed by atoms with Crippen molar-refractivity contribution in [3.63, 3.8) is 0 Å². The number of amides is 1. The van der Waals surface area contributed by atoms with E-state index in [-0.39, 0.29) is 17.8 Å². The van der Waals surface area contributed by atoms with Crippen LogP contribution in [-0.4, -0.2) is 37.6 Å². The fourth-order valence-electron chi connectivity index (χ4n) is 3.54. The highest BCUT2D eigenvalue weighted by Gasteiger charge is 2.53. The highest BCUT2D eigenvalue weighted by molar-refractivity contribution is 5.91. The van der Waals surface area contributed by atoms with E-state index in [4.69, 9.17) is 10.5 Å². The van der Waals surface area contributed by atoms with E-state index in [0.717, 1.165) is 62.2 Å². The molecule has 0 spiro atoms. The van der Waals surface area contributed by atoms with E-state index in [2.05, 4.69) is 12.1 Å². The van der Waals surface area contributed by atoms with Crippen molar-refractivity contribution >= 4 is 18.3 Å². The molecule has 2 fully saturated rings. The molecule has 0 radical (unpaired) electrons. The van der Waals surface area contributed by atoms with Crippen LogP contribution in [-0.2, 0) is 10.2 Å². The number of rotatable bonds is 4. The lowest BCUT2D eigenvalue weighted by molar-refractivity contribution is -0.135. The van der Waals surface area contributed by atoms with Gasteiger partial charge in [-0.05, 0) is 62.3 Å². The van der Waals surface area contributed by atoms with E-state index in [0.29, 0.717) is 11.8 Å². The van der Waals surface area contributed by atoms with Crippen LogP contribution < -0.4 is 10.5 Å². The van der Waals surface area contributed by atoms with Gasteiger partial charge in [0.05, 0.1) is 12.5 Å². The van der Waals surface area contributed by atoms with Gasteiger partial charge in [-0.3, -0.25) is 4.79 Å². The van der Waals surface area contributed by atoms with Gasteiger partial charge in [0.1, 0.15) is 5.75 Å².